The number of amides is 1. The fraction of sp³-hybridized carbons (Fsp3) is 0.474. The van der Waals surface area contributed by atoms with Crippen LogP contribution in [0, 0.1) is 0 Å². The van der Waals surface area contributed by atoms with Crippen molar-refractivity contribution in [2.24, 2.45) is 0 Å². The van der Waals surface area contributed by atoms with Gasteiger partial charge in [-0.15, -0.1) is 0 Å². The van der Waals surface area contributed by atoms with Crippen LogP contribution in [0.3, 0.4) is 0 Å². The largest absolute Gasteiger partial charge is 0.379 e. The van der Waals surface area contributed by atoms with Gasteiger partial charge in [0.05, 0.1) is 23.4 Å². The first kappa shape index (κ1) is 19.1. The summed E-state index contributed by atoms with van der Waals surface area (Å²) in [6.45, 7) is 9.03. The quantitative estimate of drug-likeness (QED) is 0.753. The monoisotopic (exact) mass is 420 g/mol. The van der Waals surface area contributed by atoms with Gasteiger partial charge in [0.15, 0.2) is 5.69 Å². The molecule has 2 aromatic rings. The highest BCUT2D eigenvalue weighted by Crippen LogP contribution is 2.25. The van der Waals surface area contributed by atoms with E-state index in [2.05, 4.69) is 62.3 Å². The molecule has 0 bridgehead atoms. The number of rotatable bonds is 6. The molecular formula is C19H25BrN4O2. The van der Waals surface area contributed by atoms with Crippen LogP contribution in [0.25, 0.3) is 0 Å². The fourth-order valence-electron chi connectivity index (χ4n) is 3.00. The van der Waals surface area contributed by atoms with Crippen molar-refractivity contribution in [3.8, 4) is 0 Å². The number of hydrogen-bond acceptors (Lipinski definition) is 4. The van der Waals surface area contributed by atoms with E-state index >= 15 is 0 Å². The van der Waals surface area contributed by atoms with Crippen molar-refractivity contribution in [2.45, 2.75) is 32.9 Å². The van der Waals surface area contributed by atoms with Crippen LogP contribution in [0.5, 0.6) is 0 Å². The number of morpholine rings is 1. The lowest BCUT2D eigenvalue weighted by atomic mass is 10.1. The molecule has 1 amide bonds. The molecule has 2 heterocycles. The van der Waals surface area contributed by atoms with Gasteiger partial charge in [-0.05, 0) is 33.0 Å². The van der Waals surface area contributed by atoms with Gasteiger partial charge < -0.3 is 10.1 Å². The second kappa shape index (κ2) is 8.79. The number of benzene rings is 1. The number of carbonyl (C=O) groups is 1. The van der Waals surface area contributed by atoms with E-state index < -0.39 is 0 Å². The number of aromatic amines is 1. The molecule has 0 atom stereocenters. The van der Waals surface area contributed by atoms with Gasteiger partial charge in [0.1, 0.15) is 0 Å². The molecule has 1 aliphatic heterocycles. The number of nitrogens with zero attached hydrogens (tertiary/aromatic N) is 2. The maximum absolute atomic E-state index is 12.4. The SMILES string of the molecule is CC(C)c1[nH]nc(C(=O)NCc2cccc(CN3CCOCC3)c2)c1Br. The number of halogens is 1. The number of aromatic nitrogens is 2. The first-order chi connectivity index (χ1) is 12.5. The Morgan fingerprint density at radius 2 is 2.08 bits per heavy atom. The first-order valence-corrected chi connectivity index (χ1v) is 9.73. The highest BCUT2D eigenvalue weighted by atomic mass is 79.9. The number of H-pyrrole nitrogens is 1. The average Bonchev–Trinajstić information content (AvgIpc) is 3.03. The Morgan fingerprint density at radius 1 is 1.35 bits per heavy atom. The molecular weight excluding hydrogens is 396 g/mol. The van der Waals surface area contributed by atoms with E-state index in [4.69, 9.17) is 4.74 Å². The predicted octanol–water partition coefficient (Wildman–Crippen LogP) is 3.06. The molecule has 3 rings (SSSR count). The van der Waals surface area contributed by atoms with Crippen LogP contribution < -0.4 is 5.32 Å². The zero-order valence-electron chi connectivity index (χ0n) is 15.2. The van der Waals surface area contributed by atoms with E-state index in [0.29, 0.717) is 12.2 Å². The second-order valence-corrected chi connectivity index (χ2v) is 7.64. The number of carbonyl (C=O) groups excluding carboxylic acids is 1. The third kappa shape index (κ3) is 4.72. The molecule has 6 nitrogen and oxygen atoms in total. The minimum Gasteiger partial charge on any atom is -0.379 e. The number of hydrogen-bond donors (Lipinski definition) is 2. The van der Waals surface area contributed by atoms with Gasteiger partial charge in [-0.2, -0.15) is 5.10 Å². The smallest absolute Gasteiger partial charge is 0.273 e. The molecule has 1 saturated heterocycles. The Morgan fingerprint density at radius 3 is 2.77 bits per heavy atom. The van der Waals surface area contributed by atoms with Crippen molar-refractivity contribution in [2.75, 3.05) is 26.3 Å². The van der Waals surface area contributed by atoms with Gasteiger partial charge in [-0.3, -0.25) is 14.8 Å². The van der Waals surface area contributed by atoms with Crippen LogP contribution >= 0.6 is 15.9 Å². The summed E-state index contributed by atoms with van der Waals surface area (Å²) in [5.41, 5.74) is 3.67. The Bertz CT molecular complexity index is 754. The summed E-state index contributed by atoms with van der Waals surface area (Å²) in [6, 6.07) is 8.34. The molecule has 26 heavy (non-hydrogen) atoms. The summed E-state index contributed by atoms with van der Waals surface area (Å²) in [5, 5.41) is 10.0. The van der Waals surface area contributed by atoms with Crippen LogP contribution in [0.4, 0.5) is 0 Å². The third-order valence-corrected chi connectivity index (χ3v) is 5.28. The molecule has 1 aromatic heterocycles. The fourth-order valence-corrected chi connectivity index (χ4v) is 3.81. The lowest BCUT2D eigenvalue weighted by molar-refractivity contribution is 0.0342. The van der Waals surface area contributed by atoms with E-state index in [-0.39, 0.29) is 11.8 Å². The average molecular weight is 421 g/mol. The molecule has 0 unspecified atom stereocenters. The molecule has 1 aliphatic rings. The van der Waals surface area contributed by atoms with Crippen molar-refractivity contribution < 1.29 is 9.53 Å². The topological polar surface area (TPSA) is 70.2 Å². The Labute approximate surface area is 162 Å². The highest BCUT2D eigenvalue weighted by molar-refractivity contribution is 9.10. The maximum atomic E-state index is 12.4. The summed E-state index contributed by atoms with van der Waals surface area (Å²) in [4.78, 5) is 14.8. The van der Waals surface area contributed by atoms with Gasteiger partial charge in [0.2, 0.25) is 0 Å². The van der Waals surface area contributed by atoms with Gasteiger partial charge in [0, 0.05) is 26.2 Å². The lowest BCUT2D eigenvalue weighted by Crippen LogP contribution is -2.35. The van der Waals surface area contributed by atoms with Crippen LogP contribution in [-0.2, 0) is 17.8 Å². The van der Waals surface area contributed by atoms with Crippen LogP contribution in [0.2, 0.25) is 0 Å². The van der Waals surface area contributed by atoms with E-state index in [1.54, 1.807) is 0 Å². The zero-order chi connectivity index (χ0) is 18.5. The van der Waals surface area contributed by atoms with E-state index in [1.165, 1.54) is 5.56 Å². The Kier molecular flexibility index (Phi) is 6.45. The third-order valence-electron chi connectivity index (χ3n) is 4.48. The van der Waals surface area contributed by atoms with Crippen molar-refractivity contribution >= 4 is 21.8 Å². The first-order valence-electron chi connectivity index (χ1n) is 8.94. The van der Waals surface area contributed by atoms with E-state index in [9.17, 15) is 4.79 Å². The van der Waals surface area contributed by atoms with Gasteiger partial charge in [-0.1, -0.05) is 38.1 Å². The summed E-state index contributed by atoms with van der Waals surface area (Å²) >= 11 is 3.48. The number of ether oxygens (including phenoxy) is 1. The lowest BCUT2D eigenvalue weighted by Gasteiger charge is -2.26. The normalized spacial score (nSPS) is 15.4. The molecule has 0 aliphatic carbocycles. The van der Waals surface area contributed by atoms with Gasteiger partial charge in [-0.25, -0.2) is 0 Å². The molecule has 0 spiro atoms. The summed E-state index contributed by atoms with van der Waals surface area (Å²) < 4.78 is 6.13. The molecule has 0 radical (unpaired) electrons. The molecule has 1 aromatic carbocycles. The van der Waals surface area contributed by atoms with E-state index in [1.807, 2.05) is 12.1 Å². The van der Waals surface area contributed by atoms with Crippen molar-refractivity contribution in [1.29, 1.82) is 0 Å². The number of nitrogens with one attached hydrogen (secondary N) is 2. The molecule has 1 fully saturated rings. The zero-order valence-corrected chi connectivity index (χ0v) is 16.8. The molecule has 140 valence electrons. The van der Waals surface area contributed by atoms with Gasteiger partial charge in [0.25, 0.3) is 5.91 Å². The summed E-state index contributed by atoms with van der Waals surface area (Å²) in [7, 11) is 0. The van der Waals surface area contributed by atoms with Crippen LogP contribution in [0.15, 0.2) is 28.7 Å². The highest BCUT2D eigenvalue weighted by Gasteiger charge is 2.19. The minimum absolute atomic E-state index is 0.182. The predicted molar refractivity (Wildman–Crippen MR) is 104 cm³/mol. The standard InChI is InChI=1S/C19H25BrN4O2/c1-13(2)17-16(20)18(23-22-17)19(25)21-11-14-4-3-5-15(10-14)12-24-6-8-26-9-7-24/h3-5,10,13H,6-9,11-12H2,1-2H3,(H,21,25)(H,22,23). The summed E-state index contributed by atoms with van der Waals surface area (Å²) in [5.74, 6) is 0.0916. The minimum atomic E-state index is -0.182. The Hall–Kier alpha value is -1.70. The van der Waals surface area contributed by atoms with Crippen LogP contribution in [0.1, 0.15) is 47.1 Å². The van der Waals surface area contributed by atoms with Crippen LogP contribution in [-0.4, -0.2) is 47.3 Å². The van der Waals surface area contributed by atoms with Crippen molar-refractivity contribution in [3.05, 3.63) is 51.3 Å². The molecule has 2 N–H and O–H groups in total. The van der Waals surface area contributed by atoms with Crippen molar-refractivity contribution in [1.82, 2.24) is 20.4 Å². The molecule has 0 saturated carbocycles. The summed E-state index contributed by atoms with van der Waals surface area (Å²) in [6.07, 6.45) is 0. The molecule has 7 heteroatoms. The maximum Gasteiger partial charge on any atom is 0.273 e. The second-order valence-electron chi connectivity index (χ2n) is 6.85. The van der Waals surface area contributed by atoms with E-state index in [0.717, 1.165) is 48.6 Å². The van der Waals surface area contributed by atoms with Gasteiger partial charge >= 0.3 is 0 Å². The Balaban J connectivity index is 1.59. The van der Waals surface area contributed by atoms with Crippen molar-refractivity contribution in [3.63, 3.8) is 0 Å².